The zero-order chi connectivity index (χ0) is 12.0. The van der Waals surface area contributed by atoms with Gasteiger partial charge >= 0.3 is 0 Å². The first-order valence-electron chi connectivity index (χ1n) is 5.44. The molecule has 2 aromatic rings. The van der Waals surface area contributed by atoms with Crippen LogP contribution in [0.5, 0.6) is 5.75 Å². The Balaban J connectivity index is 0.000000606. The molecule has 0 spiro atoms. The molecule has 3 heteroatoms. The lowest BCUT2D eigenvalue weighted by atomic mass is 10.2. The summed E-state index contributed by atoms with van der Waals surface area (Å²) in [6.07, 6.45) is 5.40. The fourth-order valence-electron chi connectivity index (χ4n) is 1.40. The second kappa shape index (κ2) is 5.95. The van der Waals surface area contributed by atoms with Crippen LogP contribution in [0.1, 0.15) is 19.4 Å². The highest BCUT2D eigenvalue weighted by Gasteiger charge is 2.03. The van der Waals surface area contributed by atoms with Crippen LogP contribution in [0.4, 0.5) is 0 Å². The first kappa shape index (κ1) is 12.3. The van der Waals surface area contributed by atoms with Crippen molar-refractivity contribution in [3.8, 4) is 11.4 Å². The van der Waals surface area contributed by atoms with Crippen LogP contribution < -0.4 is 4.74 Å². The van der Waals surface area contributed by atoms with Gasteiger partial charge in [0.2, 0.25) is 0 Å². The fraction of sp³-hybridized carbons (Fsp3) is 0.308. The molecule has 0 radical (unpaired) electrons. The van der Waals surface area contributed by atoms with Crippen LogP contribution in [0, 0.1) is 6.92 Å². The van der Waals surface area contributed by atoms with E-state index in [4.69, 9.17) is 4.74 Å². The molecule has 86 valence electrons. The summed E-state index contributed by atoms with van der Waals surface area (Å²) < 4.78 is 7.23. The van der Waals surface area contributed by atoms with Crippen LogP contribution in [-0.4, -0.2) is 16.7 Å². The van der Waals surface area contributed by atoms with Crippen molar-refractivity contribution in [2.45, 2.75) is 20.8 Å². The van der Waals surface area contributed by atoms with Crippen molar-refractivity contribution in [1.29, 1.82) is 0 Å². The Morgan fingerprint density at radius 1 is 1.25 bits per heavy atom. The van der Waals surface area contributed by atoms with Gasteiger partial charge in [0.05, 0.1) is 19.1 Å². The van der Waals surface area contributed by atoms with Gasteiger partial charge < -0.3 is 9.30 Å². The first-order valence-corrected chi connectivity index (χ1v) is 5.44. The normalized spacial score (nSPS) is 9.25. The van der Waals surface area contributed by atoms with Crippen LogP contribution in [0.15, 0.2) is 36.9 Å². The Morgan fingerprint density at radius 2 is 2.00 bits per heavy atom. The number of aromatic nitrogens is 2. The second-order valence-electron chi connectivity index (χ2n) is 3.15. The third kappa shape index (κ3) is 2.63. The molecule has 2 rings (SSSR count). The molecule has 1 aromatic heterocycles. The van der Waals surface area contributed by atoms with Gasteiger partial charge in [-0.15, -0.1) is 0 Å². The summed E-state index contributed by atoms with van der Waals surface area (Å²) in [5.41, 5.74) is 2.20. The highest BCUT2D eigenvalue weighted by molar-refractivity contribution is 5.48. The Hall–Kier alpha value is -1.77. The predicted molar refractivity (Wildman–Crippen MR) is 66.2 cm³/mol. The SMILES string of the molecule is CC.COc1cc(C)ccc1-n1ccnc1. The minimum Gasteiger partial charge on any atom is -0.495 e. The van der Waals surface area contributed by atoms with Gasteiger partial charge in [0.15, 0.2) is 0 Å². The Bertz CT molecular complexity index is 422. The fourth-order valence-corrected chi connectivity index (χ4v) is 1.40. The maximum Gasteiger partial charge on any atom is 0.143 e. The van der Waals surface area contributed by atoms with Crippen molar-refractivity contribution in [1.82, 2.24) is 9.55 Å². The maximum atomic E-state index is 5.30. The monoisotopic (exact) mass is 218 g/mol. The predicted octanol–water partition coefficient (Wildman–Crippen LogP) is 3.22. The van der Waals surface area contributed by atoms with Crippen molar-refractivity contribution in [2.24, 2.45) is 0 Å². The molecule has 0 fully saturated rings. The van der Waals surface area contributed by atoms with Gasteiger partial charge in [-0.3, -0.25) is 0 Å². The summed E-state index contributed by atoms with van der Waals surface area (Å²) in [4.78, 5) is 4.00. The smallest absolute Gasteiger partial charge is 0.143 e. The molecule has 3 nitrogen and oxygen atoms in total. The third-order valence-corrected chi connectivity index (χ3v) is 2.12. The molecule has 0 aliphatic rings. The number of rotatable bonds is 2. The molecular formula is C13H18N2O. The number of nitrogens with zero attached hydrogens (tertiary/aromatic N) is 2. The lowest BCUT2D eigenvalue weighted by Gasteiger charge is -2.09. The zero-order valence-electron chi connectivity index (χ0n) is 10.3. The molecule has 0 aliphatic carbocycles. The highest BCUT2D eigenvalue weighted by atomic mass is 16.5. The van der Waals surface area contributed by atoms with E-state index in [2.05, 4.69) is 11.1 Å². The minimum absolute atomic E-state index is 0.864. The summed E-state index contributed by atoms with van der Waals surface area (Å²) in [6.45, 7) is 6.04. The molecule has 0 atom stereocenters. The number of imidazole rings is 1. The van der Waals surface area contributed by atoms with E-state index in [1.54, 1.807) is 19.6 Å². The number of methoxy groups -OCH3 is 1. The Labute approximate surface area is 96.7 Å². The van der Waals surface area contributed by atoms with E-state index in [0.29, 0.717) is 0 Å². The molecule has 0 N–H and O–H groups in total. The number of benzene rings is 1. The van der Waals surface area contributed by atoms with Crippen molar-refractivity contribution in [2.75, 3.05) is 7.11 Å². The van der Waals surface area contributed by atoms with Crippen molar-refractivity contribution < 1.29 is 4.74 Å². The molecule has 1 heterocycles. The van der Waals surface area contributed by atoms with E-state index in [9.17, 15) is 0 Å². The minimum atomic E-state index is 0.864. The van der Waals surface area contributed by atoms with Crippen molar-refractivity contribution in [3.63, 3.8) is 0 Å². The molecule has 0 saturated heterocycles. The van der Waals surface area contributed by atoms with E-state index in [0.717, 1.165) is 11.4 Å². The van der Waals surface area contributed by atoms with Crippen LogP contribution in [0.2, 0.25) is 0 Å². The average Bonchev–Trinajstić information content (AvgIpc) is 2.85. The number of ether oxygens (including phenoxy) is 1. The second-order valence-corrected chi connectivity index (χ2v) is 3.15. The largest absolute Gasteiger partial charge is 0.495 e. The Kier molecular flexibility index (Phi) is 4.58. The van der Waals surface area contributed by atoms with Gasteiger partial charge in [0, 0.05) is 12.4 Å². The molecule has 0 bridgehead atoms. The summed E-state index contributed by atoms with van der Waals surface area (Å²) in [5, 5.41) is 0. The molecular weight excluding hydrogens is 200 g/mol. The molecule has 0 unspecified atom stereocenters. The quantitative estimate of drug-likeness (QED) is 0.774. The standard InChI is InChI=1S/C11H12N2O.C2H6/c1-9-3-4-10(11(7-9)14-2)13-6-5-12-8-13;1-2/h3-8H,1-2H3;1-2H3. The average molecular weight is 218 g/mol. The van der Waals surface area contributed by atoms with Crippen molar-refractivity contribution >= 4 is 0 Å². The lowest BCUT2D eigenvalue weighted by molar-refractivity contribution is 0.412. The van der Waals surface area contributed by atoms with E-state index in [-0.39, 0.29) is 0 Å². The summed E-state index contributed by atoms with van der Waals surface area (Å²) >= 11 is 0. The number of aryl methyl sites for hydroxylation is 1. The van der Waals surface area contributed by atoms with Gasteiger partial charge in [0.25, 0.3) is 0 Å². The highest BCUT2D eigenvalue weighted by Crippen LogP contribution is 2.23. The van der Waals surface area contributed by atoms with E-state index < -0.39 is 0 Å². The van der Waals surface area contributed by atoms with Gasteiger partial charge in [-0.1, -0.05) is 19.9 Å². The van der Waals surface area contributed by atoms with Crippen molar-refractivity contribution in [3.05, 3.63) is 42.5 Å². The molecule has 0 aliphatic heterocycles. The van der Waals surface area contributed by atoms with Gasteiger partial charge in [-0.05, 0) is 24.6 Å². The van der Waals surface area contributed by atoms with E-state index >= 15 is 0 Å². The zero-order valence-corrected chi connectivity index (χ0v) is 10.3. The molecule has 0 amide bonds. The van der Waals surface area contributed by atoms with E-state index in [1.807, 2.05) is 43.7 Å². The third-order valence-electron chi connectivity index (χ3n) is 2.12. The van der Waals surface area contributed by atoms with Gasteiger partial charge in [-0.2, -0.15) is 0 Å². The van der Waals surface area contributed by atoms with Gasteiger partial charge in [-0.25, -0.2) is 4.98 Å². The first-order chi connectivity index (χ1) is 7.81. The van der Waals surface area contributed by atoms with Crippen LogP contribution in [0.25, 0.3) is 5.69 Å². The molecule has 1 aromatic carbocycles. The summed E-state index contributed by atoms with van der Waals surface area (Å²) in [6, 6.07) is 6.09. The van der Waals surface area contributed by atoms with E-state index in [1.165, 1.54) is 5.56 Å². The van der Waals surface area contributed by atoms with Gasteiger partial charge in [0.1, 0.15) is 5.75 Å². The number of hydrogen-bond acceptors (Lipinski definition) is 2. The number of hydrogen-bond donors (Lipinski definition) is 0. The Morgan fingerprint density at radius 3 is 2.56 bits per heavy atom. The summed E-state index contributed by atoms with van der Waals surface area (Å²) in [7, 11) is 1.68. The molecule has 0 saturated carbocycles. The van der Waals surface area contributed by atoms with Crippen LogP contribution >= 0.6 is 0 Å². The maximum absolute atomic E-state index is 5.30. The lowest BCUT2D eigenvalue weighted by Crippen LogP contribution is -1.95. The van der Waals surface area contributed by atoms with Crippen LogP contribution in [-0.2, 0) is 0 Å². The van der Waals surface area contributed by atoms with Crippen LogP contribution in [0.3, 0.4) is 0 Å². The molecule has 16 heavy (non-hydrogen) atoms. The summed E-state index contributed by atoms with van der Waals surface area (Å²) in [5.74, 6) is 0.864. The topological polar surface area (TPSA) is 27.1 Å².